The number of hydrogen-bond donors (Lipinski definition) is 2. The maximum absolute atomic E-state index is 11.6. The van der Waals surface area contributed by atoms with E-state index in [9.17, 15) is 4.79 Å². The fourth-order valence-corrected chi connectivity index (χ4v) is 1.31. The van der Waals surface area contributed by atoms with Crippen LogP contribution in [0.25, 0.3) is 0 Å². The lowest BCUT2D eigenvalue weighted by molar-refractivity contribution is -0.145. The second-order valence-electron chi connectivity index (χ2n) is 4.09. The Bertz CT molecular complexity index is 186. The van der Waals surface area contributed by atoms with Crippen LogP contribution in [-0.4, -0.2) is 25.1 Å². The fourth-order valence-electron chi connectivity index (χ4n) is 1.31. The van der Waals surface area contributed by atoms with E-state index in [-0.39, 0.29) is 17.4 Å². The van der Waals surface area contributed by atoms with Gasteiger partial charge in [-0.1, -0.05) is 0 Å². The van der Waals surface area contributed by atoms with Gasteiger partial charge in [0.15, 0.2) is 0 Å². The van der Waals surface area contributed by atoms with Crippen molar-refractivity contribution >= 4 is 5.91 Å². The molecule has 4 nitrogen and oxygen atoms in total. The molecule has 1 unspecified atom stereocenters. The molecule has 0 aromatic carbocycles. The number of carbonyl (C=O) groups is 1. The Morgan fingerprint density at radius 2 is 2.31 bits per heavy atom. The summed E-state index contributed by atoms with van der Waals surface area (Å²) in [5.41, 5.74) is 2.19. The van der Waals surface area contributed by atoms with Crippen LogP contribution in [0.4, 0.5) is 0 Å². The molecule has 4 heteroatoms. The predicted molar refractivity (Wildman–Crippen MR) is 50.0 cm³/mol. The SMILES string of the molecule is CC(C)ONC(=O)C1(C)CCNC1. The van der Waals surface area contributed by atoms with Crippen LogP contribution in [0.3, 0.4) is 0 Å². The molecule has 2 N–H and O–H groups in total. The highest BCUT2D eigenvalue weighted by molar-refractivity contribution is 5.81. The first-order valence-corrected chi connectivity index (χ1v) is 4.71. The van der Waals surface area contributed by atoms with E-state index in [4.69, 9.17) is 4.84 Å². The summed E-state index contributed by atoms with van der Waals surface area (Å²) < 4.78 is 0. The van der Waals surface area contributed by atoms with Gasteiger partial charge in [0.2, 0.25) is 0 Å². The van der Waals surface area contributed by atoms with E-state index in [1.54, 1.807) is 0 Å². The monoisotopic (exact) mass is 186 g/mol. The number of hydroxylamine groups is 1. The Balaban J connectivity index is 2.38. The topological polar surface area (TPSA) is 50.4 Å². The van der Waals surface area contributed by atoms with E-state index in [0.717, 1.165) is 19.5 Å². The molecule has 1 aliphatic rings. The molecule has 1 atom stereocenters. The van der Waals surface area contributed by atoms with Crippen molar-refractivity contribution in [3.8, 4) is 0 Å². The van der Waals surface area contributed by atoms with Gasteiger partial charge in [0.1, 0.15) is 0 Å². The number of nitrogens with one attached hydrogen (secondary N) is 2. The van der Waals surface area contributed by atoms with Gasteiger partial charge in [0.05, 0.1) is 11.5 Å². The molecular weight excluding hydrogens is 168 g/mol. The molecule has 1 fully saturated rings. The number of carbonyl (C=O) groups excluding carboxylic acids is 1. The second-order valence-corrected chi connectivity index (χ2v) is 4.09. The Morgan fingerprint density at radius 3 is 2.77 bits per heavy atom. The van der Waals surface area contributed by atoms with Gasteiger partial charge in [-0.2, -0.15) is 0 Å². The zero-order valence-corrected chi connectivity index (χ0v) is 8.52. The molecule has 0 aromatic heterocycles. The fraction of sp³-hybridized carbons (Fsp3) is 0.889. The molecule has 0 aromatic rings. The molecule has 1 saturated heterocycles. The Kier molecular flexibility index (Phi) is 3.27. The van der Waals surface area contributed by atoms with E-state index >= 15 is 0 Å². The van der Waals surface area contributed by atoms with Crippen LogP contribution in [-0.2, 0) is 9.63 Å². The van der Waals surface area contributed by atoms with Gasteiger partial charge in [0, 0.05) is 6.54 Å². The molecule has 13 heavy (non-hydrogen) atoms. The minimum absolute atomic E-state index is 0.0220. The van der Waals surface area contributed by atoms with Crippen molar-refractivity contribution < 1.29 is 9.63 Å². The zero-order valence-electron chi connectivity index (χ0n) is 8.52. The lowest BCUT2D eigenvalue weighted by atomic mass is 9.89. The zero-order chi connectivity index (χ0) is 9.90. The smallest absolute Gasteiger partial charge is 0.250 e. The van der Waals surface area contributed by atoms with Gasteiger partial charge in [0.25, 0.3) is 5.91 Å². The minimum atomic E-state index is -0.297. The van der Waals surface area contributed by atoms with Crippen LogP contribution in [0.1, 0.15) is 27.2 Å². The largest absolute Gasteiger partial charge is 0.316 e. The van der Waals surface area contributed by atoms with Gasteiger partial charge in [-0.05, 0) is 33.7 Å². The van der Waals surface area contributed by atoms with Gasteiger partial charge < -0.3 is 5.32 Å². The summed E-state index contributed by atoms with van der Waals surface area (Å²) in [5, 5.41) is 3.16. The maximum atomic E-state index is 11.6. The molecule has 0 aliphatic carbocycles. The Hall–Kier alpha value is -0.610. The average Bonchev–Trinajstić information content (AvgIpc) is 2.49. The summed E-state index contributed by atoms with van der Waals surface area (Å²) in [5.74, 6) is -0.0220. The first-order chi connectivity index (χ1) is 6.04. The van der Waals surface area contributed by atoms with Crippen molar-refractivity contribution in [2.24, 2.45) is 5.41 Å². The summed E-state index contributed by atoms with van der Waals surface area (Å²) in [6.07, 6.45) is 0.905. The molecule has 0 bridgehead atoms. The van der Waals surface area contributed by atoms with Crippen molar-refractivity contribution in [2.45, 2.75) is 33.3 Å². The van der Waals surface area contributed by atoms with E-state index in [1.165, 1.54) is 0 Å². The lowest BCUT2D eigenvalue weighted by Crippen LogP contribution is -2.41. The lowest BCUT2D eigenvalue weighted by Gasteiger charge is -2.21. The van der Waals surface area contributed by atoms with Crippen LogP contribution in [0, 0.1) is 5.41 Å². The molecule has 1 aliphatic heterocycles. The van der Waals surface area contributed by atoms with E-state index in [1.807, 2.05) is 20.8 Å². The van der Waals surface area contributed by atoms with Crippen molar-refractivity contribution in [3.05, 3.63) is 0 Å². The van der Waals surface area contributed by atoms with Crippen molar-refractivity contribution in [2.75, 3.05) is 13.1 Å². The molecule has 0 spiro atoms. The first-order valence-electron chi connectivity index (χ1n) is 4.71. The highest BCUT2D eigenvalue weighted by Gasteiger charge is 2.36. The summed E-state index contributed by atoms with van der Waals surface area (Å²) in [4.78, 5) is 16.6. The standard InChI is InChI=1S/C9H18N2O2/c1-7(2)13-11-8(12)9(3)4-5-10-6-9/h7,10H,4-6H2,1-3H3,(H,11,12). The summed E-state index contributed by atoms with van der Waals surface area (Å²) in [7, 11) is 0. The molecule has 1 amide bonds. The third kappa shape index (κ3) is 2.67. The predicted octanol–water partition coefficient (Wildman–Crippen LogP) is 0.442. The van der Waals surface area contributed by atoms with E-state index in [0.29, 0.717) is 0 Å². The van der Waals surface area contributed by atoms with Crippen LogP contribution < -0.4 is 10.8 Å². The van der Waals surface area contributed by atoms with Gasteiger partial charge in [-0.3, -0.25) is 9.63 Å². The number of hydrogen-bond acceptors (Lipinski definition) is 3. The second kappa shape index (κ2) is 4.07. The minimum Gasteiger partial charge on any atom is -0.316 e. The van der Waals surface area contributed by atoms with Crippen LogP contribution >= 0.6 is 0 Å². The van der Waals surface area contributed by atoms with Gasteiger partial charge in [-0.15, -0.1) is 0 Å². The molecule has 0 radical (unpaired) electrons. The molecule has 0 saturated carbocycles. The summed E-state index contributed by atoms with van der Waals surface area (Å²) >= 11 is 0. The Labute approximate surface area is 79.0 Å². The molecule has 1 heterocycles. The van der Waals surface area contributed by atoms with Crippen LogP contribution in [0.15, 0.2) is 0 Å². The molecule has 76 valence electrons. The first kappa shape index (κ1) is 10.5. The maximum Gasteiger partial charge on any atom is 0.250 e. The van der Waals surface area contributed by atoms with Crippen molar-refractivity contribution in [1.29, 1.82) is 0 Å². The van der Waals surface area contributed by atoms with Crippen LogP contribution in [0.5, 0.6) is 0 Å². The highest BCUT2D eigenvalue weighted by atomic mass is 16.7. The van der Waals surface area contributed by atoms with Gasteiger partial charge >= 0.3 is 0 Å². The normalized spacial score (nSPS) is 28.0. The molecule has 1 rings (SSSR count). The number of amides is 1. The van der Waals surface area contributed by atoms with Gasteiger partial charge in [-0.25, -0.2) is 5.48 Å². The third-order valence-electron chi connectivity index (χ3n) is 2.30. The quantitative estimate of drug-likeness (QED) is 0.629. The van der Waals surface area contributed by atoms with E-state index < -0.39 is 0 Å². The van der Waals surface area contributed by atoms with E-state index in [2.05, 4.69) is 10.8 Å². The number of rotatable bonds is 3. The Morgan fingerprint density at radius 1 is 1.62 bits per heavy atom. The average molecular weight is 186 g/mol. The summed E-state index contributed by atoms with van der Waals surface area (Å²) in [6.45, 7) is 7.36. The molecular formula is C9H18N2O2. The van der Waals surface area contributed by atoms with Crippen molar-refractivity contribution in [1.82, 2.24) is 10.8 Å². The third-order valence-corrected chi connectivity index (χ3v) is 2.30. The van der Waals surface area contributed by atoms with Crippen molar-refractivity contribution in [3.63, 3.8) is 0 Å². The summed E-state index contributed by atoms with van der Waals surface area (Å²) in [6, 6.07) is 0. The highest BCUT2D eigenvalue weighted by Crippen LogP contribution is 2.24. The van der Waals surface area contributed by atoms with Crippen LogP contribution in [0.2, 0.25) is 0 Å².